The molecular weight excluding hydrogens is 142 g/mol. The zero-order valence-corrected chi connectivity index (χ0v) is 6.44. The summed E-state index contributed by atoms with van der Waals surface area (Å²) in [5.41, 5.74) is 0. The second kappa shape index (κ2) is 6.29. The quantitative estimate of drug-likeness (QED) is 0.359. The van der Waals surface area contributed by atoms with Gasteiger partial charge in [-0.15, -0.1) is 0 Å². The van der Waals surface area contributed by atoms with E-state index in [9.17, 15) is 0 Å². The summed E-state index contributed by atoms with van der Waals surface area (Å²) in [7, 11) is 1.60. The first-order chi connectivity index (χ1) is 4.31. The average molecular weight is 154 g/mol. The maximum absolute atomic E-state index is 5.16. The highest BCUT2D eigenvalue weighted by Gasteiger charge is 1.95. The Balaban J connectivity index is 2.88. The molecule has 3 nitrogen and oxygen atoms in total. The largest absolute Gasteiger partial charge is 0.356 e. The zero-order valence-electron chi connectivity index (χ0n) is 5.69. The van der Waals surface area contributed by atoms with Crippen molar-refractivity contribution in [3.05, 3.63) is 0 Å². The smallest absolute Gasteiger partial charge is 0.154 e. The Morgan fingerprint density at radius 2 is 2.33 bits per heavy atom. The number of hydrogen-bond donors (Lipinski definition) is 1. The van der Waals surface area contributed by atoms with E-state index in [1.807, 2.05) is 6.92 Å². The Kier molecular flexibility index (Phi) is 6.41. The van der Waals surface area contributed by atoms with Crippen molar-refractivity contribution >= 4 is 11.8 Å². The minimum Gasteiger partial charge on any atom is -0.356 e. The van der Waals surface area contributed by atoms with E-state index in [1.54, 1.807) is 7.11 Å². The topological polar surface area (TPSA) is 30.5 Å². The molecule has 0 aliphatic carbocycles. The van der Waals surface area contributed by atoms with Crippen LogP contribution in [-0.2, 0) is 9.47 Å². The van der Waals surface area contributed by atoms with Gasteiger partial charge in [0.2, 0.25) is 0 Å². The maximum atomic E-state index is 5.16. The molecule has 0 radical (unpaired) electrons. The predicted molar refractivity (Wildman–Crippen MR) is 36.3 cm³/mol. The summed E-state index contributed by atoms with van der Waals surface area (Å²) in [5.74, 6) is 0. The molecule has 0 bridgehead atoms. The summed E-state index contributed by atoms with van der Waals surface area (Å²) in [4.78, 5) is 2.44. The van der Waals surface area contributed by atoms with Crippen LogP contribution in [0.2, 0.25) is 0 Å². The molecule has 0 aromatic carbocycles. The van der Waals surface area contributed by atoms with Crippen molar-refractivity contribution in [2.24, 2.45) is 0 Å². The number of nitrogens with one attached hydrogen (secondary N) is 1. The highest BCUT2D eigenvalue weighted by atomic mass is 35.5. The average Bonchev–Trinajstić information content (AvgIpc) is 1.89. The molecule has 0 amide bonds. The molecule has 0 aliphatic heterocycles. The van der Waals surface area contributed by atoms with Gasteiger partial charge in [-0.3, -0.25) is 0 Å². The van der Waals surface area contributed by atoms with Gasteiger partial charge in [-0.25, -0.2) is 4.84 Å². The summed E-state index contributed by atoms with van der Waals surface area (Å²) in [5, 5.41) is 0. The fourth-order valence-corrected chi connectivity index (χ4v) is 0.409. The Morgan fingerprint density at radius 3 is 2.78 bits per heavy atom. The van der Waals surface area contributed by atoms with E-state index in [-0.39, 0.29) is 6.29 Å². The molecule has 9 heavy (non-hydrogen) atoms. The molecule has 1 unspecified atom stereocenters. The lowest BCUT2D eigenvalue weighted by atomic mass is 10.7. The lowest BCUT2D eigenvalue weighted by Gasteiger charge is -2.09. The Hall–Kier alpha value is 0.170. The number of methoxy groups -OCH3 is 1. The fraction of sp³-hybridized carbons (Fsp3) is 1.00. The minimum atomic E-state index is -0.144. The van der Waals surface area contributed by atoms with Gasteiger partial charge < -0.3 is 9.47 Å². The summed E-state index contributed by atoms with van der Waals surface area (Å²) >= 11 is 5.16. The highest BCUT2D eigenvalue weighted by Crippen LogP contribution is 1.88. The molecule has 56 valence electrons. The maximum Gasteiger partial charge on any atom is 0.154 e. The van der Waals surface area contributed by atoms with Crippen LogP contribution in [-0.4, -0.2) is 26.6 Å². The van der Waals surface area contributed by atoms with Crippen LogP contribution in [0.3, 0.4) is 0 Å². The van der Waals surface area contributed by atoms with Gasteiger partial charge in [0.05, 0.1) is 6.61 Å². The fourth-order valence-electron chi connectivity index (χ4n) is 0.332. The van der Waals surface area contributed by atoms with E-state index in [2.05, 4.69) is 4.84 Å². The number of rotatable bonds is 5. The lowest BCUT2D eigenvalue weighted by molar-refractivity contribution is -0.108. The molecule has 0 spiro atoms. The number of ether oxygens (including phenoxy) is 2. The van der Waals surface area contributed by atoms with Crippen molar-refractivity contribution in [1.29, 1.82) is 0 Å². The third-order valence-electron chi connectivity index (χ3n) is 0.881. The molecule has 0 aromatic rings. The first kappa shape index (κ1) is 9.17. The van der Waals surface area contributed by atoms with Gasteiger partial charge in [0.25, 0.3) is 0 Å². The van der Waals surface area contributed by atoms with E-state index in [1.165, 1.54) is 0 Å². The predicted octanol–water partition coefficient (Wildman–Crippen LogP) is 0.739. The van der Waals surface area contributed by atoms with E-state index < -0.39 is 0 Å². The van der Waals surface area contributed by atoms with Crippen molar-refractivity contribution < 1.29 is 9.47 Å². The number of hydrogen-bond acceptors (Lipinski definition) is 3. The third-order valence-corrected chi connectivity index (χ3v) is 1.07. The van der Waals surface area contributed by atoms with E-state index >= 15 is 0 Å². The molecule has 0 aromatic heterocycles. The standard InChI is InChI=1S/C5H12ClNO2/c1-5(8-2)9-4-3-7-6/h5,7H,3-4H2,1-2H3. The first-order valence-corrected chi connectivity index (χ1v) is 3.17. The molecule has 1 atom stereocenters. The van der Waals surface area contributed by atoms with Crippen molar-refractivity contribution in [2.75, 3.05) is 20.3 Å². The van der Waals surface area contributed by atoms with Crippen molar-refractivity contribution in [2.45, 2.75) is 13.2 Å². The van der Waals surface area contributed by atoms with E-state index in [0.717, 1.165) is 0 Å². The van der Waals surface area contributed by atoms with Crippen LogP contribution in [0, 0.1) is 0 Å². The van der Waals surface area contributed by atoms with Crippen molar-refractivity contribution in [1.82, 2.24) is 4.84 Å². The van der Waals surface area contributed by atoms with Gasteiger partial charge in [-0.1, -0.05) is 0 Å². The Morgan fingerprint density at radius 1 is 1.67 bits per heavy atom. The first-order valence-electron chi connectivity index (χ1n) is 2.79. The normalized spacial score (nSPS) is 13.7. The van der Waals surface area contributed by atoms with Gasteiger partial charge in [-0.2, -0.15) is 0 Å². The number of halogens is 1. The Bertz CT molecular complexity index is 62.9. The molecule has 0 saturated carbocycles. The summed E-state index contributed by atoms with van der Waals surface area (Å²) in [6.45, 7) is 3.03. The van der Waals surface area contributed by atoms with Gasteiger partial charge in [0.1, 0.15) is 0 Å². The lowest BCUT2D eigenvalue weighted by Crippen LogP contribution is -2.16. The SMILES string of the molecule is COC(C)OCCNCl. The van der Waals surface area contributed by atoms with E-state index in [0.29, 0.717) is 13.2 Å². The van der Waals surface area contributed by atoms with Crippen molar-refractivity contribution in [3.8, 4) is 0 Å². The molecular formula is C5H12ClNO2. The van der Waals surface area contributed by atoms with Gasteiger partial charge >= 0.3 is 0 Å². The van der Waals surface area contributed by atoms with Crippen LogP contribution >= 0.6 is 11.8 Å². The van der Waals surface area contributed by atoms with Crippen LogP contribution in [0.4, 0.5) is 0 Å². The molecule has 0 saturated heterocycles. The van der Waals surface area contributed by atoms with Crippen LogP contribution in [0.25, 0.3) is 0 Å². The molecule has 0 rings (SSSR count). The van der Waals surface area contributed by atoms with Crippen LogP contribution in [0.15, 0.2) is 0 Å². The van der Waals surface area contributed by atoms with Crippen molar-refractivity contribution in [3.63, 3.8) is 0 Å². The van der Waals surface area contributed by atoms with Gasteiger partial charge in [0, 0.05) is 13.7 Å². The summed E-state index contributed by atoms with van der Waals surface area (Å²) in [6.07, 6.45) is -0.144. The summed E-state index contributed by atoms with van der Waals surface area (Å²) in [6, 6.07) is 0. The highest BCUT2D eigenvalue weighted by molar-refractivity contribution is 6.13. The minimum absolute atomic E-state index is 0.144. The molecule has 0 aliphatic rings. The van der Waals surface area contributed by atoms with Crippen LogP contribution < -0.4 is 4.84 Å². The molecule has 4 heteroatoms. The second-order valence-electron chi connectivity index (χ2n) is 1.56. The van der Waals surface area contributed by atoms with Gasteiger partial charge in [-0.05, 0) is 18.7 Å². The van der Waals surface area contributed by atoms with E-state index in [4.69, 9.17) is 21.3 Å². The van der Waals surface area contributed by atoms with Gasteiger partial charge in [0.15, 0.2) is 6.29 Å². The third kappa shape index (κ3) is 6.05. The molecule has 0 fully saturated rings. The zero-order chi connectivity index (χ0) is 7.11. The second-order valence-corrected chi connectivity index (χ2v) is 1.83. The molecule has 1 N–H and O–H groups in total. The monoisotopic (exact) mass is 153 g/mol. The Labute approximate surface area is 60.4 Å². The molecule has 0 heterocycles. The summed E-state index contributed by atoms with van der Waals surface area (Å²) < 4.78 is 9.87. The van der Waals surface area contributed by atoms with Crippen LogP contribution in [0.1, 0.15) is 6.92 Å². The van der Waals surface area contributed by atoms with Crippen LogP contribution in [0.5, 0.6) is 0 Å².